The van der Waals surface area contributed by atoms with Crippen molar-refractivity contribution in [3.63, 3.8) is 0 Å². The van der Waals surface area contributed by atoms with E-state index in [2.05, 4.69) is 30.9 Å². The molecule has 0 radical (unpaired) electrons. The van der Waals surface area contributed by atoms with Gasteiger partial charge in [-0.3, -0.25) is 14.6 Å². The number of nitrogens with zero attached hydrogens (tertiary/aromatic N) is 3. The average Bonchev–Trinajstić information content (AvgIpc) is 2.75. The number of hydrogen-bond acceptors (Lipinski definition) is 6. The molecule has 0 bridgehead atoms. The highest BCUT2D eigenvalue weighted by molar-refractivity contribution is 6.08. The second-order valence-corrected chi connectivity index (χ2v) is 6.51. The summed E-state index contributed by atoms with van der Waals surface area (Å²) < 4.78 is 0. The van der Waals surface area contributed by atoms with Gasteiger partial charge in [-0.25, -0.2) is 9.97 Å². The quantitative estimate of drug-likeness (QED) is 0.469. The van der Waals surface area contributed by atoms with E-state index in [0.717, 1.165) is 16.6 Å². The number of pyridine rings is 1. The van der Waals surface area contributed by atoms with Crippen molar-refractivity contribution in [2.75, 3.05) is 16.0 Å². The van der Waals surface area contributed by atoms with Gasteiger partial charge in [0.2, 0.25) is 11.9 Å². The van der Waals surface area contributed by atoms with E-state index >= 15 is 0 Å². The van der Waals surface area contributed by atoms with Crippen molar-refractivity contribution in [3.8, 4) is 0 Å². The Morgan fingerprint density at radius 1 is 0.800 bits per heavy atom. The zero-order chi connectivity index (χ0) is 20.9. The van der Waals surface area contributed by atoms with E-state index in [-0.39, 0.29) is 11.8 Å². The van der Waals surface area contributed by atoms with Crippen molar-refractivity contribution in [1.82, 2.24) is 15.0 Å². The highest BCUT2D eigenvalue weighted by Crippen LogP contribution is 2.21. The maximum atomic E-state index is 12.6. The van der Waals surface area contributed by atoms with Crippen molar-refractivity contribution < 1.29 is 9.59 Å². The number of amides is 2. The molecule has 8 heteroatoms. The Balaban J connectivity index is 1.44. The molecule has 0 unspecified atom stereocenters. The Bertz CT molecular complexity index is 1200. The first-order valence-corrected chi connectivity index (χ1v) is 9.20. The van der Waals surface area contributed by atoms with Gasteiger partial charge in [-0.1, -0.05) is 18.2 Å². The predicted octanol–water partition coefficient (Wildman–Crippen LogP) is 3.98. The molecule has 0 aliphatic heterocycles. The van der Waals surface area contributed by atoms with E-state index in [1.807, 2.05) is 24.3 Å². The highest BCUT2D eigenvalue weighted by Gasteiger charge is 2.10. The zero-order valence-corrected chi connectivity index (χ0v) is 16.1. The van der Waals surface area contributed by atoms with Crippen LogP contribution in [0.4, 0.5) is 23.0 Å². The topological polar surface area (TPSA) is 109 Å². The molecule has 30 heavy (non-hydrogen) atoms. The summed E-state index contributed by atoms with van der Waals surface area (Å²) in [7, 11) is 0. The third-order valence-electron chi connectivity index (χ3n) is 4.26. The molecule has 0 aliphatic carbocycles. The average molecular weight is 398 g/mol. The molecule has 0 aliphatic rings. The van der Waals surface area contributed by atoms with Gasteiger partial charge < -0.3 is 16.0 Å². The minimum Gasteiger partial charge on any atom is -0.326 e. The molecule has 0 saturated heterocycles. The van der Waals surface area contributed by atoms with Gasteiger partial charge in [-0.2, -0.15) is 0 Å². The van der Waals surface area contributed by atoms with Gasteiger partial charge in [-0.15, -0.1) is 0 Å². The molecule has 2 amide bonds. The van der Waals surface area contributed by atoms with E-state index in [9.17, 15) is 9.59 Å². The summed E-state index contributed by atoms with van der Waals surface area (Å²) in [6.45, 7) is 1.45. The predicted molar refractivity (Wildman–Crippen MR) is 116 cm³/mol. The van der Waals surface area contributed by atoms with Crippen molar-refractivity contribution in [2.24, 2.45) is 0 Å². The second kappa shape index (κ2) is 8.36. The SMILES string of the molecule is CC(=O)Nc1ccc(Nc2ncc(C(=O)Nc3cccc4cccnc34)cn2)cc1. The highest BCUT2D eigenvalue weighted by atomic mass is 16.2. The molecule has 0 atom stereocenters. The van der Waals surface area contributed by atoms with E-state index in [4.69, 9.17) is 0 Å². The standard InChI is InChI=1S/C22H18N6O2/c1-14(29)26-17-7-9-18(10-8-17)27-22-24-12-16(13-25-22)21(30)28-19-6-2-4-15-5-3-11-23-20(15)19/h2-13H,1H3,(H,26,29)(H,28,30)(H,24,25,27). The number of fused-ring (bicyclic) bond motifs is 1. The smallest absolute Gasteiger partial charge is 0.258 e. The van der Waals surface area contributed by atoms with Crippen molar-refractivity contribution in [3.05, 3.63) is 78.8 Å². The Morgan fingerprint density at radius 2 is 1.50 bits per heavy atom. The fourth-order valence-corrected chi connectivity index (χ4v) is 2.88. The maximum absolute atomic E-state index is 12.6. The number of rotatable bonds is 5. The summed E-state index contributed by atoms with van der Waals surface area (Å²) in [5.74, 6) is -0.0998. The Hall–Kier alpha value is -4.33. The molecule has 0 fully saturated rings. The number of benzene rings is 2. The van der Waals surface area contributed by atoms with Gasteiger partial charge in [0.05, 0.1) is 16.8 Å². The molecular weight excluding hydrogens is 380 g/mol. The van der Waals surface area contributed by atoms with E-state index in [1.165, 1.54) is 19.3 Å². The lowest BCUT2D eigenvalue weighted by atomic mass is 10.2. The van der Waals surface area contributed by atoms with Crippen LogP contribution in [0.2, 0.25) is 0 Å². The summed E-state index contributed by atoms with van der Waals surface area (Å²) in [5, 5.41) is 9.54. The largest absolute Gasteiger partial charge is 0.326 e. The monoisotopic (exact) mass is 398 g/mol. The molecular formula is C22H18N6O2. The number of aromatic nitrogens is 3. The van der Waals surface area contributed by atoms with Crippen LogP contribution in [0.25, 0.3) is 10.9 Å². The fourth-order valence-electron chi connectivity index (χ4n) is 2.88. The number of para-hydroxylation sites is 1. The summed E-state index contributed by atoms with van der Waals surface area (Å²) >= 11 is 0. The second-order valence-electron chi connectivity index (χ2n) is 6.51. The van der Waals surface area contributed by atoms with E-state index < -0.39 is 0 Å². The lowest BCUT2D eigenvalue weighted by Gasteiger charge is -2.09. The molecule has 8 nitrogen and oxygen atoms in total. The minimum atomic E-state index is -0.320. The van der Waals surface area contributed by atoms with E-state index in [1.54, 1.807) is 36.5 Å². The summed E-state index contributed by atoms with van der Waals surface area (Å²) in [6, 6.07) is 16.5. The number of nitrogens with one attached hydrogen (secondary N) is 3. The maximum Gasteiger partial charge on any atom is 0.258 e. The van der Waals surface area contributed by atoms with Crippen LogP contribution in [0.5, 0.6) is 0 Å². The van der Waals surface area contributed by atoms with Gasteiger partial charge in [-0.05, 0) is 36.4 Å². The molecule has 4 aromatic rings. The first-order chi connectivity index (χ1) is 14.6. The van der Waals surface area contributed by atoms with Gasteiger partial charge in [0.1, 0.15) is 0 Å². The number of hydrogen-bond donors (Lipinski definition) is 3. The first-order valence-electron chi connectivity index (χ1n) is 9.20. The van der Waals surface area contributed by atoms with Gasteiger partial charge in [0, 0.05) is 42.3 Å². The molecule has 2 aromatic heterocycles. The van der Waals surface area contributed by atoms with Crippen LogP contribution in [0.3, 0.4) is 0 Å². The van der Waals surface area contributed by atoms with Crippen LogP contribution in [0.15, 0.2) is 73.2 Å². The minimum absolute atomic E-state index is 0.132. The molecule has 0 saturated carbocycles. The Labute approximate surface area is 172 Å². The first kappa shape index (κ1) is 19.0. The van der Waals surface area contributed by atoms with Crippen LogP contribution in [0, 0.1) is 0 Å². The number of anilines is 4. The van der Waals surface area contributed by atoms with E-state index in [0.29, 0.717) is 22.9 Å². The molecule has 4 rings (SSSR count). The Kier molecular flexibility index (Phi) is 5.29. The number of carbonyl (C=O) groups excluding carboxylic acids is 2. The van der Waals surface area contributed by atoms with Gasteiger partial charge in [0.15, 0.2) is 0 Å². The van der Waals surface area contributed by atoms with Crippen LogP contribution < -0.4 is 16.0 Å². The molecule has 148 valence electrons. The van der Waals surface area contributed by atoms with Crippen LogP contribution >= 0.6 is 0 Å². The fraction of sp³-hybridized carbons (Fsp3) is 0.0455. The molecule has 0 spiro atoms. The zero-order valence-electron chi connectivity index (χ0n) is 16.1. The number of carbonyl (C=O) groups is 2. The molecule has 2 aromatic carbocycles. The van der Waals surface area contributed by atoms with Crippen molar-refractivity contribution in [2.45, 2.75) is 6.92 Å². The van der Waals surface area contributed by atoms with Gasteiger partial charge in [0.25, 0.3) is 5.91 Å². The third-order valence-corrected chi connectivity index (χ3v) is 4.26. The lowest BCUT2D eigenvalue weighted by Crippen LogP contribution is -2.13. The summed E-state index contributed by atoms with van der Waals surface area (Å²) in [5.41, 5.74) is 3.12. The normalized spacial score (nSPS) is 10.4. The lowest BCUT2D eigenvalue weighted by molar-refractivity contribution is -0.114. The van der Waals surface area contributed by atoms with Gasteiger partial charge >= 0.3 is 0 Å². The molecule has 3 N–H and O–H groups in total. The Morgan fingerprint density at radius 3 is 2.23 bits per heavy atom. The van der Waals surface area contributed by atoms with Crippen LogP contribution in [-0.4, -0.2) is 26.8 Å². The molecule has 2 heterocycles. The third kappa shape index (κ3) is 4.39. The van der Waals surface area contributed by atoms with Crippen LogP contribution in [-0.2, 0) is 4.79 Å². The van der Waals surface area contributed by atoms with Crippen molar-refractivity contribution >= 4 is 45.7 Å². The van der Waals surface area contributed by atoms with Crippen LogP contribution in [0.1, 0.15) is 17.3 Å². The summed E-state index contributed by atoms with van der Waals surface area (Å²) in [4.78, 5) is 36.4. The summed E-state index contributed by atoms with van der Waals surface area (Å²) in [6.07, 6.45) is 4.59. The van der Waals surface area contributed by atoms with Crippen molar-refractivity contribution in [1.29, 1.82) is 0 Å².